The Morgan fingerprint density at radius 3 is 1.85 bits per heavy atom. The minimum absolute atomic E-state index is 0.976. The predicted molar refractivity (Wildman–Crippen MR) is 90.3 cm³/mol. The number of rotatable bonds is 5. The molecule has 0 nitrogen and oxygen atoms in total. The van der Waals surface area contributed by atoms with E-state index in [4.69, 9.17) is 0 Å². The highest BCUT2D eigenvalue weighted by Gasteiger charge is 2.08. The van der Waals surface area contributed by atoms with Crippen LogP contribution in [0.1, 0.15) is 43.0 Å². The van der Waals surface area contributed by atoms with E-state index in [0.717, 1.165) is 25.7 Å². The van der Waals surface area contributed by atoms with Crippen LogP contribution in [0.2, 0.25) is 0 Å². The Morgan fingerprint density at radius 2 is 1.35 bits per heavy atom. The van der Waals surface area contributed by atoms with E-state index in [-0.39, 0.29) is 0 Å². The zero-order valence-corrected chi connectivity index (χ0v) is 13.0. The summed E-state index contributed by atoms with van der Waals surface area (Å²) in [4.78, 5) is 0. The molecule has 0 N–H and O–H groups in total. The van der Waals surface area contributed by atoms with E-state index < -0.39 is 0 Å². The first-order valence-corrected chi connectivity index (χ1v) is 7.74. The smallest absolute Gasteiger partial charge is 0.00912 e. The van der Waals surface area contributed by atoms with Gasteiger partial charge in [-0.2, -0.15) is 0 Å². The SMILES string of the molecule is [CH2]C=CCc1cc(CC)cc2c(CC)cc(CC)cc12. The van der Waals surface area contributed by atoms with Crippen molar-refractivity contribution in [3.8, 4) is 0 Å². The molecule has 0 spiro atoms. The fraction of sp³-hybridized carbons (Fsp3) is 0.350. The topological polar surface area (TPSA) is 0 Å². The lowest BCUT2D eigenvalue weighted by Gasteiger charge is -2.13. The van der Waals surface area contributed by atoms with E-state index >= 15 is 0 Å². The minimum Gasteiger partial charge on any atom is -0.0879 e. The summed E-state index contributed by atoms with van der Waals surface area (Å²) >= 11 is 0. The van der Waals surface area contributed by atoms with Crippen molar-refractivity contribution in [2.75, 3.05) is 0 Å². The lowest BCUT2D eigenvalue weighted by atomic mass is 9.91. The van der Waals surface area contributed by atoms with E-state index in [0.29, 0.717) is 0 Å². The number of hydrogen-bond donors (Lipinski definition) is 0. The molecule has 0 aliphatic rings. The molecule has 0 fully saturated rings. The molecular formula is C20H25. The van der Waals surface area contributed by atoms with Gasteiger partial charge in [0.15, 0.2) is 0 Å². The average Bonchev–Trinajstić information content (AvgIpc) is 2.50. The first-order valence-electron chi connectivity index (χ1n) is 7.74. The normalized spacial score (nSPS) is 11.6. The van der Waals surface area contributed by atoms with Gasteiger partial charge in [-0.05, 0) is 65.6 Å². The second kappa shape index (κ2) is 6.74. The maximum absolute atomic E-state index is 3.81. The van der Waals surface area contributed by atoms with Crippen molar-refractivity contribution >= 4 is 10.8 Å². The van der Waals surface area contributed by atoms with E-state index in [2.05, 4.69) is 58.0 Å². The Kier molecular flexibility index (Phi) is 5.00. The number of benzene rings is 2. The maximum atomic E-state index is 3.81. The summed E-state index contributed by atoms with van der Waals surface area (Å²) in [5.41, 5.74) is 5.79. The standard InChI is InChI=1S/C20H25/c1-5-9-10-18-12-16(7-3)13-19-17(8-4)11-15(6-2)14-20(18)19/h5,9,11-14H,1,6-8,10H2,2-4H3. The zero-order valence-electron chi connectivity index (χ0n) is 13.0. The molecule has 0 aliphatic heterocycles. The summed E-state index contributed by atoms with van der Waals surface area (Å²) in [6, 6.07) is 9.50. The lowest BCUT2D eigenvalue weighted by Crippen LogP contribution is -1.95. The van der Waals surface area contributed by atoms with Gasteiger partial charge in [-0.25, -0.2) is 0 Å². The van der Waals surface area contributed by atoms with Crippen molar-refractivity contribution in [1.82, 2.24) is 0 Å². The predicted octanol–water partition coefficient (Wildman–Crippen LogP) is 5.46. The Hall–Kier alpha value is -1.56. The van der Waals surface area contributed by atoms with Gasteiger partial charge < -0.3 is 0 Å². The number of aryl methyl sites for hydroxylation is 3. The zero-order chi connectivity index (χ0) is 14.5. The fourth-order valence-corrected chi connectivity index (χ4v) is 2.82. The van der Waals surface area contributed by atoms with E-state index in [1.54, 1.807) is 0 Å². The first-order chi connectivity index (χ1) is 9.73. The van der Waals surface area contributed by atoms with Gasteiger partial charge in [-0.1, -0.05) is 57.2 Å². The van der Waals surface area contributed by atoms with Gasteiger partial charge in [-0.3, -0.25) is 0 Å². The Morgan fingerprint density at radius 1 is 0.800 bits per heavy atom. The highest BCUT2D eigenvalue weighted by atomic mass is 14.1. The molecule has 2 aromatic carbocycles. The van der Waals surface area contributed by atoms with Crippen molar-refractivity contribution in [1.29, 1.82) is 0 Å². The molecule has 0 atom stereocenters. The Balaban J connectivity index is 2.73. The molecule has 0 saturated heterocycles. The summed E-state index contributed by atoms with van der Waals surface area (Å²) in [6.07, 6.45) is 8.32. The van der Waals surface area contributed by atoms with Crippen LogP contribution in [0.5, 0.6) is 0 Å². The molecule has 0 aromatic heterocycles. The fourth-order valence-electron chi connectivity index (χ4n) is 2.82. The molecule has 0 bridgehead atoms. The summed E-state index contributed by atoms with van der Waals surface area (Å²) in [6.45, 7) is 10.5. The number of fused-ring (bicyclic) bond motifs is 1. The van der Waals surface area contributed by atoms with E-state index in [9.17, 15) is 0 Å². The molecule has 0 amide bonds. The van der Waals surface area contributed by atoms with Crippen molar-refractivity contribution in [3.05, 3.63) is 65.6 Å². The highest BCUT2D eigenvalue weighted by Crippen LogP contribution is 2.28. The largest absolute Gasteiger partial charge is 0.0879 e. The van der Waals surface area contributed by atoms with E-state index in [1.165, 1.54) is 33.0 Å². The quantitative estimate of drug-likeness (QED) is 0.673. The van der Waals surface area contributed by atoms with Crippen LogP contribution in [0, 0.1) is 6.92 Å². The summed E-state index contributed by atoms with van der Waals surface area (Å²) < 4.78 is 0. The number of allylic oxidation sites excluding steroid dienone is 2. The van der Waals surface area contributed by atoms with Gasteiger partial charge >= 0.3 is 0 Å². The Labute approximate surface area is 123 Å². The van der Waals surface area contributed by atoms with Gasteiger partial charge in [0, 0.05) is 0 Å². The molecule has 0 heterocycles. The average molecular weight is 265 g/mol. The van der Waals surface area contributed by atoms with Crippen molar-refractivity contribution in [3.63, 3.8) is 0 Å². The molecule has 0 saturated carbocycles. The van der Waals surface area contributed by atoms with Crippen LogP contribution in [0.4, 0.5) is 0 Å². The van der Waals surface area contributed by atoms with E-state index in [1.807, 2.05) is 6.08 Å². The lowest BCUT2D eigenvalue weighted by molar-refractivity contribution is 1.09. The third kappa shape index (κ3) is 2.95. The van der Waals surface area contributed by atoms with Crippen LogP contribution in [0.3, 0.4) is 0 Å². The molecule has 2 aromatic rings. The first kappa shape index (κ1) is 14.8. The summed E-state index contributed by atoms with van der Waals surface area (Å²) in [5.74, 6) is 0. The second-order valence-electron chi connectivity index (χ2n) is 5.34. The molecule has 20 heavy (non-hydrogen) atoms. The molecule has 1 radical (unpaired) electrons. The third-order valence-electron chi connectivity index (χ3n) is 4.06. The van der Waals surface area contributed by atoms with Crippen LogP contribution < -0.4 is 0 Å². The van der Waals surface area contributed by atoms with Gasteiger partial charge in [0.1, 0.15) is 0 Å². The molecular weight excluding hydrogens is 240 g/mol. The monoisotopic (exact) mass is 265 g/mol. The van der Waals surface area contributed by atoms with Crippen molar-refractivity contribution in [2.45, 2.75) is 46.5 Å². The van der Waals surface area contributed by atoms with Gasteiger partial charge in [0.25, 0.3) is 0 Å². The van der Waals surface area contributed by atoms with Crippen molar-refractivity contribution < 1.29 is 0 Å². The minimum atomic E-state index is 0.976. The molecule has 0 heteroatoms. The maximum Gasteiger partial charge on any atom is -0.00912 e. The number of hydrogen-bond acceptors (Lipinski definition) is 0. The van der Waals surface area contributed by atoms with Crippen molar-refractivity contribution in [2.24, 2.45) is 0 Å². The molecule has 105 valence electrons. The van der Waals surface area contributed by atoms with Gasteiger partial charge in [-0.15, -0.1) is 0 Å². The molecule has 0 unspecified atom stereocenters. The summed E-state index contributed by atoms with van der Waals surface area (Å²) in [5, 5.41) is 2.87. The Bertz CT molecular complexity index is 617. The van der Waals surface area contributed by atoms with Crippen LogP contribution in [-0.4, -0.2) is 0 Å². The van der Waals surface area contributed by atoms with Crippen LogP contribution in [0.25, 0.3) is 10.8 Å². The molecule has 0 aliphatic carbocycles. The van der Waals surface area contributed by atoms with Crippen LogP contribution >= 0.6 is 0 Å². The van der Waals surface area contributed by atoms with Gasteiger partial charge in [0.2, 0.25) is 0 Å². The van der Waals surface area contributed by atoms with Gasteiger partial charge in [0.05, 0.1) is 0 Å². The molecule has 2 rings (SSSR count). The second-order valence-corrected chi connectivity index (χ2v) is 5.34. The third-order valence-corrected chi connectivity index (χ3v) is 4.06. The highest BCUT2D eigenvalue weighted by molar-refractivity contribution is 5.90. The van der Waals surface area contributed by atoms with Crippen LogP contribution in [-0.2, 0) is 25.7 Å². The van der Waals surface area contributed by atoms with Crippen LogP contribution in [0.15, 0.2) is 36.4 Å². The summed E-state index contributed by atoms with van der Waals surface area (Å²) in [7, 11) is 0.